The molecular weight excluding hydrogens is 244 g/mol. The fourth-order valence-electron chi connectivity index (χ4n) is 2.53. The first-order chi connectivity index (χ1) is 8.72. The van der Waals surface area contributed by atoms with Crippen molar-refractivity contribution in [1.29, 1.82) is 0 Å². The van der Waals surface area contributed by atoms with E-state index in [1.165, 1.54) is 17.1 Å². The number of nitrogens with zero attached hydrogens (tertiary/aromatic N) is 1. The summed E-state index contributed by atoms with van der Waals surface area (Å²) in [6, 6.07) is 8.70. The molecule has 100 valence electrons. The summed E-state index contributed by atoms with van der Waals surface area (Å²) >= 11 is 2.02. The van der Waals surface area contributed by atoms with E-state index in [4.69, 9.17) is 10.5 Å². The monoisotopic (exact) mass is 266 g/mol. The van der Waals surface area contributed by atoms with E-state index >= 15 is 0 Å². The van der Waals surface area contributed by atoms with Crippen LogP contribution in [0.4, 0.5) is 0 Å². The number of nitrogens with two attached hydrogens (primary N) is 1. The molecule has 0 bridgehead atoms. The van der Waals surface area contributed by atoms with Gasteiger partial charge in [-0.1, -0.05) is 12.1 Å². The van der Waals surface area contributed by atoms with Gasteiger partial charge in [-0.15, -0.1) is 0 Å². The van der Waals surface area contributed by atoms with Crippen LogP contribution < -0.4 is 10.5 Å². The molecule has 2 N–H and O–H groups in total. The van der Waals surface area contributed by atoms with Crippen molar-refractivity contribution in [3.63, 3.8) is 0 Å². The van der Waals surface area contributed by atoms with Crippen LogP contribution in [0.5, 0.6) is 5.75 Å². The molecule has 1 saturated heterocycles. The van der Waals surface area contributed by atoms with Gasteiger partial charge in [0, 0.05) is 36.7 Å². The molecule has 3 nitrogen and oxygen atoms in total. The standard InChI is InChI=1S/C14H22N2OS/c1-11(15)14(16-6-8-18-9-7-16)12-4-3-5-13(10-12)17-2/h3-5,10-11,14H,6-9,15H2,1-2H3. The van der Waals surface area contributed by atoms with Crippen molar-refractivity contribution < 1.29 is 4.74 Å². The fourth-order valence-corrected chi connectivity index (χ4v) is 3.46. The largest absolute Gasteiger partial charge is 0.497 e. The molecule has 1 aliphatic rings. The van der Waals surface area contributed by atoms with Crippen LogP contribution in [0.25, 0.3) is 0 Å². The molecule has 1 fully saturated rings. The van der Waals surface area contributed by atoms with Crippen molar-refractivity contribution in [1.82, 2.24) is 4.90 Å². The molecule has 2 unspecified atom stereocenters. The van der Waals surface area contributed by atoms with Crippen molar-refractivity contribution in [2.45, 2.75) is 19.0 Å². The lowest BCUT2D eigenvalue weighted by Gasteiger charge is -2.37. The second-order valence-corrected chi connectivity index (χ2v) is 5.95. The lowest BCUT2D eigenvalue weighted by molar-refractivity contribution is 0.194. The number of hydrogen-bond donors (Lipinski definition) is 1. The van der Waals surface area contributed by atoms with E-state index in [1.54, 1.807) is 7.11 Å². The van der Waals surface area contributed by atoms with E-state index in [2.05, 4.69) is 24.0 Å². The lowest BCUT2D eigenvalue weighted by Crippen LogP contribution is -2.43. The molecule has 0 aromatic heterocycles. The number of methoxy groups -OCH3 is 1. The molecule has 4 heteroatoms. The third-order valence-corrected chi connectivity index (χ3v) is 4.31. The van der Waals surface area contributed by atoms with Gasteiger partial charge in [-0.2, -0.15) is 11.8 Å². The highest BCUT2D eigenvalue weighted by molar-refractivity contribution is 7.99. The van der Waals surface area contributed by atoms with E-state index in [0.29, 0.717) is 6.04 Å². The second-order valence-electron chi connectivity index (χ2n) is 4.73. The quantitative estimate of drug-likeness (QED) is 0.906. The number of benzene rings is 1. The Morgan fingerprint density at radius 3 is 2.67 bits per heavy atom. The van der Waals surface area contributed by atoms with Crippen LogP contribution >= 0.6 is 11.8 Å². The maximum absolute atomic E-state index is 6.20. The summed E-state index contributed by atoms with van der Waals surface area (Å²) in [4.78, 5) is 2.50. The predicted octanol–water partition coefficient (Wildman–Crippen LogP) is 2.13. The van der Waals surface area contributed by atoms with Gasteiger partial charge in [-0.3, -0.25) is 4.90 Å². The van der Waals surface area contributed by atoms with E-state index in [9.17, 15) is 0 Å². The van der Waals surface area contributed by atoms with Gasteiger partial charge < -0.3 is 10.5 Å². The van der Waals surface area contributed by atoms with Gasteiger partial charge in [0.2, 0.25) is 0 Å². The molecule has 18 heavy (non-hydrogen) atoms. The van der Waals surface area contributed by atoms with Gasteiger partial charge in [0.25, 0.3) is 0 Å². The Hall–Kier alpha value is -0.710. The average molecular weight is 266 g/mol. The number of hydrogen-bond acceptors (Lipinski definition) is 4. The van der Waals surface area contributed by atoms with E-state index in [1.807, 2.05) is 23.9 Å². The first-order valence-corrected chi connectivity index (χ1v) is 7.59. The Kier molecular flexibility index (Phi) is 4.92. The maximum Gasteiger partial charge on any atom is 0.119 e. The van der Waals surface area contributed by atoms with Crippen LogP contribution in [0.3, 0.4) is 0 Å². The normalized spacial score (nSPS) is 20.4. The summed E-state index contributed by atoms with van der Waals surface area (Å²) < 4.78 is 5.31. The van der Waals surface area contributed by atoms with Crippen LogP contribution in [0.15, 0.2) is 24.3 Å². The molecule has 0 aliphatic carbocycles. The number of thioether (sulfide) groups is 1. The van der Waals surface area contributed by atoms with Gasteiger partial charge in [0.1, 0.15) is 5.75 Å². The van der Waals surface area contributed by atoms with Crippen LogP contribution in [0.2, 0.25) is 0 Å². The zero-order valence-corrected chi connectivity index (χ0v) is 12.0. The Morgan fingerprint density at radius 1 is 1.33 bits per heavy atom. The first kappa shape index (κ1) is 13.7. The van der Waals surface area contributed by atoms with E-state index in [0.717, 1.165) is 18.8 Å². The maximum atomic E-state index is 6.20. The zero-order chi connectivity index (χ0) is 13.0. The molecule has 0 spiro atoms. The van der Waals surface area contributed by atoms with Crippen LogP contribution in [0.1, 0.15) is 18.5 Å². The second kappa shape index (κ2) is 6.45. The Morgan fingerprint density at radius 2 is 2.06 bits per heavy atom. The van der Waals surface area contributed by atoms with Gasteiger partial charge in [0.15, 0.2) is 0 Å². The van der Waals surface area contributed by atoms with E-state index in [-0.39, 0.29) is 6.04 Å². The highest BCUT2D eigenvalue weighted by atomic mass is 32.2. The van der Waals surface area contributed by atoms with Crippen molar-refractivity contribution in [3.8, 4) is 5.75 Å². The van der Waals surface area contributed by atoms with Crippen molar-refractivity contribution in [2.24, 2.45) is 5.73 Å². The number of rotatable bonds is 4. The smallest absolute Gasteiger partial charge is 0.119 e. The topological polar surface area (TPSA) is 38.5 Å². The van der Waals surface area contributed by atoms with Crippen LogP contribution in [-0.2, 0) is 0 Å². The van der Waals surface area contributed by atoms with Gasteiger partial charge >= 0.3 is 0 Å². The molecule has 0 saturated carbocycles. The fraction of sp³-hybridized carbons (Fsp3) is 0.571. The van der Waals surface area contributed by atoms with Gasteiger partial charge in [-0.25, -0.2) is 0 Å². The summed E-state index contributed by atoms with van der Waals surface area (Å²) in [6.07, 6.45) is 0. The predicted molar refractivity (Wildman–Crippen MR) is 78.3 cm³/mol. The minimum atomic E-state index is 0.125. The lowest BCUT2D eigenvalue weighted by atomic mass is 9.99. The first-order valence-electron chi connectivity index (χ1n) is 6.43. The molecule has 2 atom stereocenters. The summed E-state index contributed by atoms with van der Waals surface area (Å²) in [5.41, 5.74) is 7.46. The van der Waals surface area contributed by atoms with Gasteiger partial charge in [-0.05, 0) is 24.6 Å². The summed E-state index contributed by atoms with van der Waals surface area (Å²) in [6.45, 7) is 4.33. The molecule has 1 heterocycles. The summed E-state index contributed by atoms with van der Waals surface area (Å²) in [7, 11) is 1.71. The molecule has 0 radical (unpaired) electrons. The Labute approximate surface area is 114 Å². The molecule has 1 aromatic rings. The van der Waals surface area contributed by atoms with Crippen molar-refractivity contribution in [2.75, 3.05) is 31.7 Å². The Bertz CT molecular complexity index is 378. The molecular formula is C14H22N2OS. The highest BCUT2D eigenvalue weighted by Crippen LogP contribution is 2.28. The van der Waals surface area contributed by atoms with E-state index < -0.39 is 0 Å². The molecule has 0 amide bonds. The third-order valence-electron chi connectivity index (χ3n) is 3.37. The third kappa shape index (κ3) is 3.19. The minimum absolute atomic E-state index is 0.125. The van der Waals surface area contributed by atoms with Crippen LogP contribution in [0, 0.1) is 0 Å². The van der Waals surface area contributed by atoms with Gasteiger partial charge in [0.05, 0.1) is 7.11 Å². The SMILES string of the molecule is COc1cccc(C(C(C)N)N2CCSCC2)c1. The summed E-state index contributed by atoms with van der Waals surface area (Å²) in [5.74, 6) is 3.31. The average Bonchev–Trinajstić information content (AvgIpc) is 2.40. The number of ether oxygens (including phenoxy) is 1. The van der Waals surface area contributed by atoms with Crippen molar-refractivity contribution in [3.05, 3.63) is 29.8 Å². The minimum Gasteiger partial charge on any atom is -0.497 e. The van der Waals surface area contributed by atoms with Crippen LogP contribution in [-0.4, -0.2) is 42.6 Å². The molecule has 1 aliphatic heterocycles. The Balaban J connectivity index is 2.22. The molecule has 2 rings (SSSR count). The summed E-state index contributed by atoms with van der Waals surface area (Å²) in [5, 5.41) is 0. The highest BCUT2D eigenvalue weighted by Gasteiger charge is 2.25. The molecule has 1 aromatic carbocycles. The van der Waals surface area contributed by atoms with Crippen molar-refractivity contribution >= 4 is 11.8 Å². The zero-order valence-electron chi connectivity index (χ0n) is 11.1.